The number of hydrogen-bond acceptors (Lipinski definition) is 2. The third kappa shape index (κ3) is 3.06. The highest BCUT2D eigenvalue weighted by atomic mass is 16.2. The Morgan fingerprint density at radius 2 is 2.23 bits per heavy atom. The molecule has 22 heavy (non-hydrogen) atoms. The highest BCUT2D eigenvalue weighted by Gasteiger charge is 2.23. The average Bonchev–Trinajstić information content (AvgIpc) is 2.89. The number of carbonyl (C=O) groups excluding carboxylic acids is 1. The summed E-state index contributed by atoms with van der Waals surface area (Å²) in [7, 11) is 0. The predicted molar refractivity (Wildman–Crippen MR) is 89.3 cm³/mol. The molecule has 0 spiro atoms. The van der Waals surface area contributed by atoms with Crippen molar-refractivity contribution in [2.45, 2.75) is 33.6 Å². The van der Waals surface area contributed by atoms with E-state index in [1.807, 2.05) is 29.4 Å². The molecule has 2 aromatic rings. The Balaban J connectivity index is 1.75. The van der Waals surface area contributed by atoms with Crippen molar-refractivity contribution in [1.82, 2.24) is 14.9 Å². The van der Waals surface area contributed by atoms with Crippen LogP contribution in [0.2, 0.25) is 0 Å². The van der Waals surface area contributed by atoms with Crippen molar-refractivity contribution in [2.24, 2.45) is 5.41 Å². The van der Waals surface area contributed by atoms with Gasteiger partial charge in [-0.15, -0.1) is 0 Å². The lowest BCUT2D eigenvalue weighted by atomic mass is 9.91. The number of pyridine rings is 1. The van der Waals surface area contributed by atoms with Crippen LogP contribution >= 0.6 is 0 Å². The number of hydrogen-bond donors (Lipinski definition) is 1. The molecular formula is C18H23N3O. The van der Waals surface area contributed by atoms with E-state index in [1.165, 1.54) is 11.1 Å². The van der Waals surface area contributed by atoms with Gasteiger partial charge in [-0.05, 0) is 29.5 Å². The molecule has 0 unspecified atom stereocenters. The minimum atomic E-state index is 0.0435. The Bertz CT molecular complexity index is 721. The maximum atomic E-state index is 12.3. The first-order chi connectivity index (χ1) is 10.4. The zero-order chi connectivity index (χ0) is 15.7. The lowest BCUT2D eigenvalue weighted by Gasteiger charge is -2.29. The van der Waals surface area contributed by atoms with E-state index in [-0.39, 0.29) is 11.3 Å². The van der Waals surface area contributed by atoms with Crippen molar-refractivity contribution in [3.8, 4) is 0 Å². The predicted octanol–water partition coefficient (Wildman–Crippen LogP) is 3.61. The maximum Gasteiger partial charge on any atom is 0.223 e. The largest absolute Gasteiger partial charge is 0.359 e. The molecule has 1 N–H and O–H groups in total. The van der Waals surface area contributed by atoms with E-state index in [9.17, 15) is 4.79 Å². The van der Waals surface area contributed by atoms with E-state index in [0.29, 0.717) is 13.0 Å². The normalized spacial score (nSPS) is 16.0. The molecule has 3 heterocycles. The van der Waals surface area contributed by atoms with Crippen molar-refractivity contribution in [3.05, 3.63) is 36.2 Å². The molecule has 0 atom stereocenters. The lowest BCUT2D eigenvalue weighted by Crippen LogP contribution is -2.36. The van der Waals surface area contributed by atoms with Crippen molar-refractivity contribution in [2.75, 3.05) is 13.1 Å². The summed E-state index contributed by atoms with van der Waals surface area (Å²) in [6, 6.07) is 3.97. The van der Waals surface area contributed by atoms with Gasteiger partial charge in [-0.25, -0.2) is 0 Å². The molecule has 0 aromatic carbocycles. The molecule has 0 bridgehead atoms. The average molecular weight is 297 g/mol. The number of fused-ring (bicyclic) bond motifs is 1. The first-order valence-corrected chi connectivity index (χ1v) is 7.83. The summed E-state index contributed by atoms with van der Waals surface area (Å²) in [5.41, 5.74) is 4.57. The van der Waals surface area contributed by atoms with Gasteiger partial charge in [0.05, 0.1) is 11.0 Å². The van der Waals surface area contributed by atoms with Gasteiger partial charge in [-0.3, -0.25) is 9.78 Å². The van der Waals surface area contributed by atoms with Gasteiger partial charge >= 0.3 is 0 Å². The SMILES string of the molecule is CC(C)(C)CC(=O)N1CC=C(c2c[nH]c3cccnc23)CC1. The number of nitrogens with one attached hydrogen (secondary N) is 1. The van der Waals surface area contributed by atoms with Gasteiger partial charge in [0.25, 0.3) is 0 Å². The van der Waals surface area contributed by atoms with Crippen LogP contribution in [-0.4, -0.2) is 33.9 Å². The molecule has 1 aliphatic heterocycles. The molecule has 4 heteroatoms. The highest BCUT2D eigenvalue weighted by Crippen LogP contribution is 2.28. The Morgan fingerprint density at radius 3 is 2.91 bits per heavy atom. The summed E-state index contributed by atoms with van der Waals surface area (Å²) in [5.74, 6) is 0.250. The van der Waals surface area contributed by atoms with Crippen LogP contribution in [0.25, 0.3) is 16.6 Å². The van der Waals surface area contributed by atoms with Crippen LogP contribution in [0.1, 0.15) is 39.2 Å². The molecule has 4 nitrogen and oxygen atoms in total. The highest BCUT2D eigenvalue weighted by molar-refractivity contribution is 5.90. The van der Waals surface area contributed by atoms with Crippen molar-refractivity contribution in [3.63, 3.8) is 0 Å². The number of rotatable bonds is 2. The molecule has 0 fully saturated rings. The van der Waals surface area contributed by atoms with Crippen molar-refractivity contribution >= 4 is 22.5 Å². The van der Waals surface area contributed by atoms with Crippen molar-refractivity contribution < 1.29 is 4.79 Å². The van der Waals surface area contributed by atoms with Crippen LogP contribution in [0.4, 0.5) is 0 Å². The van der Waals surface area contributed by atoms with Crippen LogP contribution in [0, 0.1) is 5.41 Å². The van der Waals surface area contributed by atoms with Crippen LogP contribution < -0.4 is 0 Å². The number of amides is 1. The second kappa shape index (κ2) is 5.59. The number of aromatic nitrogens is 2. The van der Waals surface area contributed by atoms with Gasteiger partial charge in [0, 0.05) is 37.5 Å². The molecule has 2 aromatic heterocycles. The smallest absolute Gasteiger partial charge is 0.223 e. The monoisotopic (exact) mass is 297 g/mol. The summed E-state index contributed by atoms with van der Waals surface area (Å²) >= 11 is 0. The number of aromatic amines is 1. The number of nitrogens with zero attached hydrogens (tertiary/aromatic N) is 2. The Kier molecular flexibility index (Phi) is 3.77. The molecule has 1 amide bonds. The van der Waals surface area contributed by atoms with Crippen LogP contribution in [0.3, 0.4) is 0 Å². The summed E-state index contributed by atoms with van der Waals surface area (Å²) in [4.78, 5) is 22.0. The van der Waals surface area contributed by atoms with E-state index in [4.69, 9.17) is 0 Å². The van der Waals surface area contributed by atoms with E-state index in [1.54, 1.807) is 0 Å². The molecular weight excluding hydrogens is 274 g/mol. The number of H-pyrrole nitrogens is 1. The quantitative estimate of drug-likeness (QED) is 0.920. The van der Waals surface area contributed by atoms with Gasteiger partial charge in [-0.2, -0.15) is 0 Å². The van der Waals surface area contributed by atoms with Gasteiger partial charge in [0.1, 0.15) is 0 Å². The standard InChI is InChI=1S/C18H23N3O/c1-18(2,3)11-16(22)21-9-6-13(7-10-21)14-12-20-15-5-4-8-19-17(14)15/h4-6,8,12,20H,7,9-11H2,1-3H3. The van der Waals surface area contributed by atoms with Gasteiger partial charge in [0.2, 0.25) is 5.91 Å². The van der Waals surface area contributed by atoms with Crippen LogP contribution in [0.5, 0.6) is 0 Å². The van der Waals surface area contributed by atoms with Gasteiger partial charge in [0.15, 0.2) is 0 Å². The fourth-order valence-corrected chi connectivity index (χ4v) is 2.91. The Hall–Kier alpha value is -2.10. The van der Waals surface area contributed by atoms with E-state index in [0.717, 1.165) is 24.0 Å². The lowest BCUT2D eigenvalue weighted by molar-refractivity contribution is -0.132. The third-order valence-corrected chi connectivity index (χ3v) is 4.02. The zero-order valence-corrected chi connectivity index (χ0v) is 13.5. The summed E-state index contributed by atoms with van der Waals surface area (Å²) in [6.45, 7) is 7.80. The van der Waals surface area contributed by atoms with Crippen molar-refractivity contribution in [1.29, 1.82) is 0 Å². The maximum absolute atomic E-state index is 12.3. The van der Waals surface area contributed by atoms with Gasteiger partial charge < -0.3 is 9.88 Å². The fraction of sp³-hybridized carbons (Fsp3) is 0.444. The number of carbonyl (C=O) groups is 1. The first-order valence-electron chi connectivity index (χ1n) is 7.83. The molecule has 3 rings (SSSR count). The topological polar surface area (TPSA) is 49.0 Å². The van der Waals surface area contributed by atoms with E-state index < -0.39 is 0 Å². The molecule has 0 saturated carbocycles. The Labute approximate surface area is 131 Å². The minimum Gasteiger partial charge on any atom is -0.359 e. The van der Waals surface area contributed by atoms with Crippen LogP contribution in [-0.2, 0) is 4.79 Å². The summed E-state index contributed by atoms with van der Waals surface area (Å²) in [5, 5.41) is 0. The van der Waals surface area contributed by atoms with E-state index in [2.05, 4.69) is 36.8 Å². The molecule has 0 radical (unpaired) electrons. The molecule has 116 valence electrons. The van der Waals surface area contributed by atoms with Crippen LogP contribution in [0.15, 0.2) is 30.6 Å². The second-order valence-electron chi connectivity index (χ2n) is 7.16. The molecule has 0 saturated heterocycles. The first kappa shape index (κ1) is 14.8. The second-order valence-corrected chi connectivity index (χ2v) is 7.16. The fourth-order valence-electron chi connectivity index (χ4n) is 2.91. The summed E-state index contributed by atoms with van der Waals surface area (Å²) < 4.78 is 0. The third-order valence-electron chi connectivity index (χ3n) is 4.02. The van der Waals surface area contributed by atoms with Gasteiger partial charge in [-0.1, -0.05) is 26.8 Å². The minimum absolute atomic E-state index is 0.0435. The zero-order valence-electron chi connectivity index (χ0n) is 13.5. The Morgan fingerprint density at radius 1 is 1.41 bits per heavy atom. The molecule has 0 aliphatic carbocycles. The summed E-state index contributed by atoms with van der Waals surface area (Å²) in [6.07, 6.45) is 7.50. The van der Waals surface area contributed by atoms with E-state index >= 15 is 0 Å². The molecule has 1 aliphatic rings.